The molecule has 7 heteroatoms. The molecule has 4 rings (SSSR count). The molecule has 1 aromatic heterocycles. The van der Waals surface area contributed by atoms with Gasteiger partial charge in [-0.25, -0.2) is 4.98 Å². The van der Waals surface area contributed by atoms with Gasteiger partial charge < -0.3 is 14.4 Å². The summed E-state index contributed by atoms with van der Waals surface area (Å²) in [7, 11) is 0. The van der Waals surface area contributed by atoms with Crippen LogP contribution in [0.5, 0.6) is 5.75 Å². The second-order valence-electron chi connectivity index (χ2n) is 5.55. The van der Waals surface area contributed by atoms with Gasteiger partial charge in [0.2, 0.25) is 0 Å². The lowest BCUT2D eigenvalue weighted by atomic mass is 10.1. The number of nitrogens with zero attached hydrogens (tertiary/aromatic N) is 2. The van der Waals surface area contributed by atoms with Crippen molar-refractivity contribution in [2.24, 2.45) is 0 Å². The first-order chi connectivity index (χ1) is 12.2. The Hall–Kier alpha value is -1.89. The molecular weight excluding hydrogens is 374 g/mol. The number of thiazole rings is 1. The molecule has 0 radical (unpaired) electrons. The van der Waals surface area contributed by atoms with Gasteiger partial charge in [-0.1, -0.05) is 17.7 Å². The number of rotatable bonds is 4. The SMILES string of the molecule is Cc1c(Cl)cccc1N1CCOc2cc(SNc3nccs3)ccc21. The number of halogens is 1. The molecule has 0 unspecified atom stereocenters. The zero-order valence-electron chi connectivity index (χ0n) is 13.5. The predicted molar refractivity (Wildman–Crippen MR) is 107 cm³/mol. The van der Waals surface area contributed by atoms with Crippen LogP contribution in [0.1, 0.15) is 5.56 Å². The molecule has 4 nitrogen and oxygen atoms in total. The monoisotopic (exact) mass is 389 g/mol. The van der Waals surface area contributed by atoms with Crippen molar-refractivity contribution in [3.05, 3.63) is 58.6 Å². The fourth-order valence-corrected chi connectivity index (χ4v) is 4.20. The van der Waals surface area contributed by atoms with E-state index in [2.05, 4.69) is 45.8 Å². The van der Waals surface area contributed by atoms with Gasteiger partial charge in [0, 0.05) is 27.2 Å². The summed E-state index contributed by atoms with van der Waals surface area (Å²) in [5.41, 5.74) is 3.27. The van der Waals surface area contributed by atoms with Crippen molar-refractivity contribution in [3.63, 3.8) is 0 Å². The average molecular weight is 390 g/mol. The molecule has 128 valence electrons. The average Bonchev–Trinajstić information content (AvgIpc) is 3.15. The van der Waals surface area contributed by atoms with Crippen LogP contribution in [0.25, 0.3) is 0 Å². The van der Waals surface area contributed by atoms with Gasteiger partial charge in [0.05, 0.1) is 12.2 Å². The lowest BCUT2D eigenvalue weighted by Gasteiger charge is -2.32. The fourth-order valence-electron chi connectivity index (χ4n) is 2.78. The normalized spacial score (nSPS) is 13.3. The molecule has 1 aliphatic heterocycles. The summed E-state index contributed by atoms with van der Waals surface area (Å²) < 4.78 is 9.14. The van der Waals surface area contributed by atoms with Gasteiger partial charge in [0.1, 0.15) is 12.4 Å². The first kappa shape index (κ1) is 16.6. The minimum absolute atomic E-state index is 0.646. The van der Waals surface area contributed by atoms with Crippen molar-refractivity contribution >= 4 is 51.4 Å². The smallest absolute Gasteiger partial charge is 0.192 e. The Morgan fingerprint density at radius 1 is 1.28 bits per heavy atom. The fraction of sp³-hybridized carbons (Fsp3) is 0.167. The Morgan fingerprint density at radius 2 is 2.20 bits per heavy atom. The van der Waals surface area contributed by atoms with E-state index >= 15 is 0 Å². The minimum atomic E-state index is 0.646. The lowest BCUT2D eigenvalue weighted by Crippen LogP contribution is -2.29. The highest BCUT2D eigenvalue weighted by Crippen LogP contribution is 2.41. The standard InChI is InChI=1S/C18H16ClN3OS2/c1-12-14(19)3-2-4-15(12)22-8-9-23-17-11-13(5-6-16(17)22)25-21-18-20-7-10-24-18/h2-7,10-11H,8-9H2,1H3,(H,20,21). The van der Waals surface area contributed by atoms with E-state index in [9.17, 15) is 0 Å². The summed E-state index contributed by atoms with van der Waals surface area (Å²) in [6.45, 7) is 3.50. The van der Waals surface area contributed by atoms with Crippen molar-refractivity contribution < 1.29 is 4.74 Å². The quantitative estimate of drug-likeness (QED) is 0.574. The van der Waals surface area contributed by atoms with Gasteiger partial charge in [0.15, 0.2) is 5.13 Å². The van der Waals surface area contributed by atoms with Crippen LogP contribution < -0.4 is 14.4 Å². The molecule has 1 aliphatic rings. The molecule has 3 aromatic rings. The highest BCUT2D eigenvalue weighted by molar-refractivity contribution is 8.00. The van der Waals surface area contributed by atoms with Crippen molar-refractivity contribution in [1.82, 2.24) is 4.98 Å². The highest BCUT2D eigenvalue weighted by Gasteiger charge is 2.21. The first-order valence-corrected chi connectivity index (χ1v) is 9.91. The molecule has 0 spiro atoms. The molecular formula is C18H16ClN3OS2. The number of fused-ring (bicyclic) bond motifs is 1. The second-order valence-corrected chi connectivity index (χ2v) is 7.74. The number of benzene rings is 2. The summed E-state index contributed by atoms with van der Waals surface area (Å²) in [4.78, 5) is 7.57. The zero-order chi connectivity index (χ0) is 17.2. The zero-order valence-corrected chi connectivity index (χ0v) is 15.9. The van der Waals surface area contributed by atoms with Crippen LogP contribution in [-0.4, -0.2) is 18.1 Å². The second kappa shape index (κ2) is 7.15. The van der Waals surface area contributed by atoms with Crippen LogP contribution in [0.4, 0.5) is 16.5 Å². The van der Waals surface area contributed by atoms with Gasteiger partial charge in [-0.2, -0.15) is 0 Å². The number of aromatic nitrogens is 1. The highest BCUT2D eigenvalue weighted by atomic mass is 35.5. The molecule has 25 heavy (non-hydrogen) atoms. The Labute approximate surface area is 159 Å². The van der Waals surface area contributed by atoms with Crippen LogP contribution in [0, 0.1) is 6.92 Å². The van der Waals surface area contributed by atoms with Crippen LogP contribution >= 0.6 is 34.9 Å². The molecule has 0 amide bonds. The van der Waals surface area contributed by atoms with E-state index in [1.807, 2.05) is 17.5 Å². The minimum Gasteiger partial charge on any atom is -0.489 e. The van der Waals surface area contributed by atoms with Gasteiger partial charge in [-0.15, -0.1) is 11.3 Å². The van der Waals surface area contributed by atoms with E-state index in [1.165, 1.54) is 11.9 Å². The first-order valence-electron chi connectivity index (χ1n) is 7.84. The Balaban J connectivity index is 1.60. The van der Waals surface area contributed by atoms with E-state index in [4.69, 9.17) is 16.3 Å². The summed E-state index contributed by atoms with van der Waals surface area (Å²) in [6.07, 6.45) is 1.79. The molecule has 0 aliphatic carbocycles. The topological polar surface area (TPSA) is 37.4 Å². The summed E-state index contributed by atoms with van der Waals surface area (Å²) in [5.74, 6) is 0.886. The molecule has 0 atom stereocenters. The largest absolute Gasteiger partial charge is 0.489 e. The molecule has 1 N–H and O–H groups in total. The van der Waals surface area contributed by atoms with E-state index in [1.54, 1.807) is 17.5 Å². The Morgan fingerprint density at radius 3 is 3.04 bits per heavy atom. The molecule has 2 aromatic carbocycles. The maximum Gasteiger partial charge on any atom is 0.192 e. The molecule has 0 saturated carbocycles. The number of hydrogen-bond acceptors (Lipinski definition) is 6. The van der Waals surface area contributed by atoms with Gasteiger partial charge in [-0.3, -0.25) is 0 Å². The molecule has 0 saturated heterocycles. The summed E-state index contributed by atoms with van der Waals surface area (Å²) in [6, 6.07) is 12.3. The van der Waals surface area contributed by atoms with Gasteiger partial charge in [-0.05, 0) is 54.8 Å². The number of hydrogen-bond donors (Lipinski definition) is 1. The summed E-state index contributed by atoms with van der Waals surface area (Å²) in [5, 5.41) is 3.62. The maximum absolute atomic E-state index is 6.30. The maximum atomic E-state index is 6.30. The predicted octanol–water partition coefficient (Wildman–Crippen LogP) is 5.75. The Kier molecular flexibility index (Phi) is 4.74. The third kappa shape index (κ3) is 3.42. The number of anilines is 3. The molecule has 2 heterocycles. The number of ether oxygens (including phenoxy) is 1. The van der Waals surface area contributed by atoms with Crippen LogP contribution in [0.3, 0.4) is 0 Å². The van der Waals surface area contributed by atoms with Gasteiger partial charge >= 0.3 is 0 Å². The lowest BCUT2D eigenvalue weighted by molar-refractivity contribution is 0.313. The van der Waals surface area contributed by atoms with Crippen molar-refractivity contribution in [2.75, 3.05) is 22.8 Å². The van der Waals surface area contributed by atoms with E-state index < -0.39 is 0 Å². The van der Waals surface area contributed by atoms with Crippen molar-refractivity contribution in [1.29, 1.82) is 0 Å². The van der Waals surface area contributed by atoms with Crippen molar-refractivity contribution in [2.45, 2.75) is 11.8 Å². The number of nitrogens with one attached hydrogen (secondary N) is 1. The van der Waals surface area contributed by atoms with Crippen LogP contribution in [0.2, 0.25) is 5.02 Å². The van der Waals surface area contributed by atoms with Gasteiger partial charge in [0.25, 0.3) is 0 Å². The van der Waals surface area contributed by atoms with Crippen LogP contribution in [-0.2, 0) is 0 Å². The summed E-state index contributed by atoms with van der Waals surface area (Å²) >= 11 is 9.41. The third-order valence-corrected chi connectivity index (χ3v) is 6.03. The molecule has 0 bridgehead atoms. The van der Waals surface area contributed by atoms with E-state index in [0.717, 1.165) is 44.3 Å². The third-order valence-electron chi connectivity index (χ3n) is 4.01. The van der Waals surface area contributed by atoms with E-state index in [-0.39, 0.29) is 0 Å². The Bertz CT molecular complexity index is 886. The van der Waals surface area contributed by atoms with Crippen LogP contribution in [0.15, 0.2) is 52.9 Å². The van der Waals surface area contributed by atoms with Crippen molar-refractivity contribution in [3.8, 4) is 5.75 Å². The van der Waals surface area contributed by atoms with E-state index in [0.29, 0.717) is 6.61 Å². The molecule has 0 fully saturated rings.